The van der Waals surface area contributed by atoms with Gasteiger partial charge >= 0.3 is 12.0 Å². The van der Waals surface area contributed by atoms with Gasteiger partial charge in [0.15, 0.2) is 0 Å². The number of hydrogen-bond donors (Lipinski definition) is 4. The van der Waals surface area contributed by atoms with E-state index in [0.717, 1.165) is 0 Å². The summed E-state index contributed by atoms with van der Waals surface area (Å²) < 4.78 is 0. The molecular weight excluding hydrogens is 210 g/mol. The van der Waals surface area contributed by atoms with Gasteiger partial charge in [0.05, 0.1) is 11.4 Å². The van der Waals surface area contributed by atoms with Gasteiger partial charge in [0.25, 0.3) is 0 Å². The molecule has 0 aliphatic carbocycles. The number of amides is 2. The van der Waals surface area contributed by atoms with Crippen LogP contribution in [-0.2, 0) is 4.79 Å². The molecule has 1 aromatic rings. The Morgan fingerprint density at radius 1 is 1.38 bits per heavy atom. The van der Waals surface area contributed by atoms with E-state index in [4.69, 9.17) is 10.8 Å². The summed E-state index contributed by atoms with van der Waals surface area (Å²) in [5, 5.41) is 13.3. The SMILES string of the molecule is CC(NC(=O)Nc1ccccc1N)C(=O)O. The number of nitrogen functional groups attached to an aromatic ring is 1. The summed E-state index contributed by atoms with van der Waals surface area (Å²) in [6, 6.07) is 5.15. The van der Waals surface area contributed by atoms with Crippen molar-refractivity contribution in [3.05, 3.63) is 24.3 Å². The lowest BCUT2D eigenvalue weighted by Gasteiger charge is -2.11. The number of hydrogen-bond acceptors (Lipinski definition) is 3. The first-order valence-corrected chi connectivity index (χ1v) is 4.65. The smallest absolute Gasteiger partial charge is 0.325 e. The summed E-state index contributed by atoms with van der Waals surface area (Å²) in [6.07, 6.45) is 0. The van der Waals surface area contributed by atoms with Crippen molar-refractivity contribution in [1.82, 2.24) is 5.32 Å². The van der Waals surface area contributed by atoms with Crippen LogP contribution in [0.1, 0.15) is 6.92 Å². The third kappa shape index (κ3) is 3.16. The van der Waals surface area contributed by atoms with Crippen molar-refractivity contribution >= 4 is 23.4 Å². The second-order valence-electron chi connectivity index (χ2n) is 3.25. The number of carbonyl (C=O) groups is 2. The van der Waals surface area contributed by atoms with Crippen LogP contribution in [0.25, 0.3) is 0 Å². The second-order valence-corrected chi connectivity index (χ2v) is 3.25. The van der Waals surface area contributed by atoms with Crippen molar-refractivity contribution in [1.29, 1.82) is 0 Å². The Balaban J connectivity index is 2.59. The van der Waals surface area contributed by atoms with Crippen molar-refractivity contribution in [3.63, 3.8) is 0 Å². The van der Waals surface area contributed by atoms with E-state index in [0.29, 0.717) is 11.4 Å². The molecule has 2 amide bonds. The van der Waals surface area contributed by atoms with Crippen LogP contribution >= 0.6 is 0 Å². The molecule has 1 atom stereocenters. The molecule has 0 bridgehead atoms. The number of benzene rings is 1. The van der Waals surface area contributed by atoms with Crippen molar-refractivity contribution < 1.29 is 14.7 Å². The van der Waals surface area contributed by atoms with E-state index in [1.54, 1.807) is 24.3 Å². The van der Waals surface area contributed by atoms with Crippen LogP contribution in [0.15, 0.2) is 24.3 Å². The number of rotatable bonds is 3. The first-order valence-electron chi connectivity index (χ1n) is 4.65. The number of urea groups is 1. The fourth-order valence-corrected chi connectivity index (χ4v) is 1.03. The van der Waals surface area contributed by atoms with Gasteiger partial charge in [-0.05, 0) is 19.1 Å². The third-order valence-electron chi connectivity index (χ3n) is 1.93. The maximum absolute atomic E-state index is 11.3. The monoisotopic (exact) mass is 223 g/mol. The highest BCUT2D eigenvalue weighted by Gasteiger charge is 2.13. The Morgan fingerprint density at radius 2 is 2.00 bits per heavy atom. The van der Waals surface area contributed by atoms with E-state index in [9.17, 15) is 9.59 Å². The minimum Gasteiger partial charge on any atom is -0.480 e. The highest BCUT2D eigenvalue weighted by atomic mass is 16.4. The van der Waals surface area contributed by atoms with Crippen molar-refractivity contribution in [2.24, 2.45) is 0 Å². The lowest BCUT2D eigenvalue weighted by atomic mass is 10.3. The van der Waals surface area contributed by atoms with Crippen LogP contribution in [0, 0.1) is 0 Å². The number of carbonyl (C=O) groups excluding carboxylic acids is 1. The fourth-order valence-electron chi connectivity index (χ4n) is 1.03. The highest BCUT2D eigenvalue weighted by molar-refractivity contribution is 5.94. The highest BCUT2D eigenvalue weighted by Crippen LogP contribution is 2.16. The van der Waals surface area contributed by atoms with Crippen molar-refractivity contribution in [2.75, 3.05) is 11.1 Å². The first-order chi connectivity index (χ1) is 7.50. The number of carboxylic acids is 1. The largest absolute Gasteiger partial charge is 0.480 e. The minimum atomic E-state index is -1.10. The van der Waals surface area contributed by atoms with Gasteiger partial charge in [0.1, 0.15) is 6.04 Å². The van der Waals surface area contributed by atoms with Gasteiger partial charge in [-0.15, -0.1) is 0 Å². The molecule has 0 aliphatic heterocycles. The van der Waals surface area contributed by atoms with Crippen LogP contribution in [0.3, 0.4) is 0 Å². The molecule has 6 heteroatoms. The second kappa shape index (κ2) is 5.01. The Kier molecular flexibility index (Phi) is 3.71. The van der Waals surface area contributed by atoms with Crippen LogP contribution in [-0.4, -0.2) is 23.1 Å². The van der Waals surface area contributed by atoms with Gasteiger partial charge in [-0.2, -0.15) is 0 Å². The van der Waals surface area contributed by atoms with Gasteiger partial charge in [-0.25, -0.2) is 4.79 Å². The molecule has 0 aliphatic rings. The Labute approximate surface area is 92.4 Å². The maximum atomic E-state index is 11.3. The molecule has 1 aromatic carbocycles. The predicted molar refractivity (Wildman–Crippen MR) is 60.1 cm³/mol. The molecule has 1 unspecified atom stereocenters. The number of anilines is 2. The van der Waals surface area contributed by atoms with Gasteiger partial charge in [0.2, 0.25) is 0 Å². The average molecular weight is 223 g/mol. The van der Waals surface area contributed by atoms with Crippen LogP contribution < -0.4 is 16.4 Å². The molecule has 1 rings (SSSR count). The number of aliphatic carboxylic acids is 1. The molecular formula is C10H13N3O3. The lowest BCUT2D eigenvalue weighted by molar-refractivity contribution is -0.138. The van der Waals surface area contributed by atoms with E-state index in [-0.39, 0.29) is 0 Å². The Morgan fingerprint density at radius 3 is 2.56 bits per heavy atom. The quantitative estimate of drug-likeness (QED) is 0.570. The molecule has 0 aromatic heterocycles. The molecule has 0 fully saturated rings. The summed E-state index contributed by atoms with van der Waals surface area (Å²) in [4.78, 5) is 21.8. The molecule has 0 saturated heterocycles. The van der Waals surface area contributed by atoms with Crippen LogP contribution in [0.4, 0.5) is 16.2 Å². The normalized spacial score (nSPS) is 11.6. The summed E-state index contributed by atoms with van der Waals surface area (Å²) in [7, 11) is 0. The van der Waals surface area contributed by atoms with E-state index in [1.807, 2.05) is 0 Å². The average Bonchev–Trinajstić information content (AvgIpc) is 2.21. The Bertz CT molecular complexity index is 406. The van der Waals surface area contributed by atoms with Crippen molar-refractivity contribution in [2.45, 2.75) is 13.0 Å². The van der Waals surface area contributed by atoms with Gasteiger partial charge in [0, 0.05) is 0 Å². The zero-order valence-electron chi connectivity index (χ0n) is 8.73. The summed E-state index contributed by atoms with van der Waals surface area (Å²) >= 11 is 0. The summed E-state index contributed by atoms with van der Waals surface area (Å²) in [6.45, 7) is 1.37. The van der Waals surface area contributed by atoms with Gasteiger partial charge in [-0.3, -0.25) is 4.79 Å². The molecule has 0 heterocycles. The minimum absolute atomic E-state index is 0.417. The number of nitrogens with one attached hydrogen (secondary N) is 2. The van der Waals surface area contributed by atoms with Crippen molar-refractivity contribution in [3.8, 4) is 0 Å². The molecule has 86 valence electrons. The lowest BCUT2D eigenvalue weighted by Crippen LogP contribution is -2.40. The molecule has 0 radical (unpaired) electrons. The molecule has 16 heavy (non-hydrogen) atoms. The first kappa shape index (κ1) is 11.8. The molecule has 0 spiro atoms. The summed E-state index contributed by atoms with van der Waals surface area (Å²) in [5.74, 6) is -1.10. The molecule has 5 N–H and O–H groups in total. The fraction of sp³-hybridized carbons (Fsp3) is 0.200. The van der Waals surface area contributed by atoms with E-state index >= 15 is 0 Å². The molecule has 6 nitrogen and oxygen atoms in total. The van der Waals surface area contributed by atoms with Crippen LogP contribution in [0.2, 0.25) is 0 Å². The Hall–Kier alpha value is -2.24. The zero-order chi connectivity index (χ0) is 12.1. The zero-order valence-corrected chi connectivity index (χ0v) is 8.73. The number of nitrogens with two attached hydrogens (primary N) is 1. The standard InChI is InChI=1S/C10H13N3O3/c1-6(9(14)15)12-10(16)13-8-5-3-2-4-7(8)11/h2-6H,11H2,1H3,(H,14,15)(H2,12,13,16). The maximum Gasteiger partial charge on any atom is 0.325 e. The molecule has 0 saturated carbocycles. The summed E-state index contributed by atoms with van der Waals surface area (Å²) in [5.41, 5.74) is 6.46. The number of carboxylic acid groups (broad SMARTS) is 1. The topological polar surface area (TPSA) is 104 Å². The third-order valence-corrected chi connectivity index (χ3v) is 1.93. The van der Waals surface area contributed by atoms with Gasteiger partial charge in [-0.1, -0.05) is 12.1 Å². The predicted octanol–water partition coefficient (Wildman–Crippen LogP) is 0.863. The van der Waals surface area contributed by atoms with E-state index in [1.165, 1.54) is 6.92 Å². The van der Waals surface area contributed by atoms with E-state index < -0.39 is 18.0 Å². The van der Waals surface area contributed by atoms with Crippen LogP contribution in [0.5, 0.6) is 0 Å². The van der Waals surface area contributed by atoms with E-state index in [2.05, 4.69) is 10.6 Å². The number of para-hydroxylation sites is 2. The van der Waals surface area contributed by atoms with Gasteiger partial charge < -0.3 is 21.5 Å².